The van der Waals surface area contributed by atoms with Gasteiger partial charge in [-0.15, -0.1) is 0 Å². The summed E-state index contributed by atoms with van der Waals surface area (Å²) in [5.41, 5.74) is 5.79. The molecule has 2 aromatic rings. The average Bonchev–Trinajstić information content (AvgIpc) is 2.86. The van der Waals surface area contributed by atoms with Gasteiger partial charge in [0.2, 0.25) is 5.91 Å². The Balaban J connectivity index is 1.70. The zero-order valence-corrected chi connectivity index (χ0v) is 14.3. The standard InChI is InChI=1S/C17H13Cl2N3O3/c18-11-6-12(19)8-13(7-11)22-15(23)9-14(17(22)25)20-21-16(24)10-4-2-1-3-5-10/h1-8,14,20H,9H2,(H,21,24)/t14-/m0/s1. The van der Waals surface area contributed by atoms with Gasteiger partial charge in [0.1, 0.15) is 6.04 Å². The number of amides is 3. The number of halogens is 2. The molecule has 1 saturated heterocycles. The maximum absolute atomic E-state index is 12.5. The van der Waals surface area contributed by atoms with Crippen LogP contribution in [0.25, 0.3) is 0 Å². The second-order valence-corrected chi connectivity index (χ2v) is 6.29. The molecule has 0 aromatic heterocycles. The van der Waals surface area contributed by atoms with Crippen LogP contribution in [0.3, 0.4) is 0 Å². The van der Waals surface area contributed by atoms with E-state index in [0.29, 0.717) is 21.3 Å². The average molecular weight is 378 g/mol. The molecule has 8 heteroatoms. The second-order valence-electron chi connectivity index (χ2n) is 5.42. The van der Waals surface area contributed by atoms with Gasteiger partial charge in [0.25, 0.3) is 11.8 Å². The van der Waals surface area contributed by atoms with Crippen LogP contribution < -0.4 is 15.8 Å². The van der Waals surface area contributed by atoms with Crippen molar-refractivity contribution in [3.8, 4) is 0 Å². The lowest BCUT2D eigenvalue weighted by Gasteiger charge is -2.16. The third-order valence-electron chi connectivity index (χ3n) is 3.65. The lowest BCUT2D eigenvalue weighted by molar-refractivity contribution is -0.121. The van der Waals surface area contributed by atoms with E-state index in [4.69, 9.17) is 23.2 Å². The van der Waals surface area contributed by atoms with E-state index in [1.54, 1.807) is 30.3 Å². The molecule has 0 saturated carbocycles. The molecule has 0 unspecified atom stereocenters. The quantitative estimate of drug-likeness (QED) is 0.633. The van der Waals surface area contributed by atoms with Crippen molar-refractivity contribution < 1.29 is 14.4 Å². The zero-order valence-electron chi connectivity index (χ0n) is 12.8. The van der Waals surface area contributed by atoms with Gasteiger partial charge < -0.3 is 0 Å². The van der Waals surface area contributed by atoms with Gasteiger partial charge in [0.05, 0.1) is 12.1 Å². The van der Waals surface area contributed by atoms with E-state index >= 15 is 0 Å². The molecule has 6 nitrogen and oxygen atoms in total. The molecule has 0 bridgehead atoms. The molecule has 1 fully saturated rings. The summed E-state index contributed by atoms with van der Waals surface area (Å²) in [6.45, 7) is 0. The third kappa shape index (κ3) is 3.82. The van der Waals surface area contributed by atoms with Crippen LogP contribution in [0.5, 0.6) is 0 Å². The molecule has 3 rings (SSSR count). The number of carbonyl (C=O) groups is 3. The summed E-state index contributed by atoms with van der Waals surface area (Å²) < 4.78 is 0. The third-order valence-corrected chi connectivity index (χ3v) is 4.08. The highest BCUT2D eigenvalue weighted by molar-refractivity contribution is 6.35. The van der Waals surface area contributed by atoms with Gasteiger partial charge in [0, 0.05) is 15.6 Å². The monoisotopic (exact) mass is 377 g/mol. The fourth-order valence-corrected chi connectivity index (χ4v) is 3.01. The van der Waals surface area contributed by atoms with Gasteiger partial charge in [-0.25, -0.2) is 10.3 Å². The largest absolute Gasteiger partial charge is 0.287 e. The first-order valence-electron chi connectivity index (χ1n) is 7.39. The highest BCUT2D eigenvalue weighted by Crippen LogP contribution is 2.29. The Morgan fingerprint density at radius 1 is 1.04 bits per heavy atom. The van der Waals surface area contributed by atoms with E-state index in [1.165, 1.54) is 18.2 Å². The highest BCUT2D eigenvalue weighted by Gasteiger charge is 2.40. The molecule has 0 aliphatic carbocycles. The molecule has 1 atom stereocenters. The summed E-state index contributed by atoms with van der Waals surface area (Å²) in [6, 6.07) is 12.1. The minimum absolute atomic E-state index is 0.0853. The Morgan fingerprint density at radius 2 is 1.68 bits per heavy atom. The Labute approximate surface area is 153 Å². The summed E-state index contributed by atoms with van der Waals surface area (Å²) in [7, 11) is 0. The lowest BCUT2D eigenvalue weighted by atomic mass is 10.2. The summed E-state index contributed by atoms with van der Waals surface area (Å²) in [5.74, 6) is -1.29. The predicted octanol–water partition coefficient (Wildman–Crippen LogP) is 2.56. The Hall–Kier alpha value is -2.41. The van der Waals surface area contributed by atoms with Crippen molar-refractivity contribution in [1.82, 2.24) is 10.9 Å². The molecule has 2 N–H and O–H groups in total. The highest BCUT2D eigenvalue weighted by atomic mass is 35.5. The van der Waals surface area contributed by atoms with Gasteiger partial charge in [-0.2, -0.15) is 0 Å². The number of hydrogen-bond acceptors (Lipinski definition) is 4. The SMILES string of the molecule is O=C(NN[C@H]1CC(=O)N(c2cc(Cl)cc(Cl)c2)C1=O)c1ccccc1. The van der Waals surface area contributed by atoms with Crippen LogP contribution in [0, 0.1) is 0 Å². The maximum atomic E-state index is 12.5. The van der Waals surface area contributed by atoms with Crippen LogP contribution in [-0.2, 0) is 9.59 Å². The summed E-state index contributed by atoms with van der Waals surface area (Å²) in [5, 5.41) is 0.633. The van der Waals surface area contributed by atoms with Crippen molar-refractivity contribution in [2.75, 3.05) is 4.90 Å². The van der Waals surface area contributed by atoms with E-state index in [2.05, 4.69) is 10.9 Å². The smallest absolute Gasteiger partial charge is 0.265 e. The molecular weight excluding hydrogens is 365 g/mol. The topological polar surface area (TPSA) is 78.5 Å². The molecule has 128 valence electrons. The Morgan fingerprint density at radius 3 is 2.32 bits per heavy atom. The van der Waals surface area contributed by atoms with E-state index in [0.717, 1.165) is 4.90 Å². The first-order valence-corrected chi connectivity index (χ1v) is 8.15. The van der Waals surface area contributed by atoms with Crippen LogP contribution in [-0.4, -0.2) is 23.8 Å². The Bertz CT molecular complexity index is 822. The van der Waals surface area contributed by atoms with Gasteiger partial charge in [-0.1, -0.05) is 41.4 Å². The molecule has 1 heterocycles. The number of nitrogens with zero attached hydrogens (tertiary/aromatic N) is 1. The van der Waals surface area contributed by atoms with Crippen molar-refractivity contribution in [2.24, 2.45) is 0 Å². The second kappa shape index (κ2) is 7.23. The van der Waals surface area contributed by atoms with Crippen LogP contribution in [0.2, 0.25) is 10.0 Å². The van der Waals surface area contributed by atoms with Crippen molar-refractivity contribution >= 4 is 46.6 Å². The van der Waals surface area contributed by atoms with Crippen molar-refractivity contribution in [1.29, 1.82) is 0 Å². The number of anilines is 1. The van der Waals surface area contributed by atoms with Gasteiger partial charge >= 0.3 is 0 Å². The number of rotatable bonds is 4. The molecule has 0 radical (unpaired) electrons. The number of carbonyl (C=O) groups excluding carboxylic acids is 3. The molecule has 2 aromatic carbocycles. The first kappa shape index (κ1) is 17.4. The lowest BCUT2D eigenvalue weighted by Crippen LogP contribution is -2.48. The maximum Gasteiger partial charge on any atom is 0.265 e. The summed E-state index contributed by atoms with van der Waals surface area (Å²) in [4.78, 5) is 37.7. The molecule has 3 amide bonds. The fourth-order valence-electron chi connectivity index (χ4n) is 2.50. The Kier molecular flexibility index (Phi) is 5.03. The van der Waals surface area contributed by atoms with E-state index in [-0.39, 0.29) is 6.42 Å². The molecule has 1 aliphatic heterocycles. The van der Waals surface area contributed by atoms with Gasteiger partial charge in [-0.05, 0) is 30.3 Å². The van der Waals surface area contributed by atoms with E-state index < -0.39 is 23.8 Å². The zero-order chi connectivity index (χ0) is 18.0. The first-order chi connectivity index (χ1) is 12.0. The van der Waals surface area contributed by atoms with Crippen molar-refractivity contribution in [3.63, 3.8) is 0 Å². The minimum atomic E-state index is -0.863. The van der Waals surface area contributed by atoms with Gasteiger partial charge in [0.15, 0.2) is 0 Å². The minimum Gasteiger partial charge on any atom is -0.287 e. The fraction of sp³-hybridized carbons (Fsp3) is 0.118. The summed E-state index contributed by atoms with van der Waals surface area (Å²) >= 11 is 11.8. The number of nitrogens with one attached hydrogen (secondary N) is 2. The number of benzene rings is 2. The van der Waals surface area contributed by atoms with Crippen molar-refractivity contribution in [2.45, 2.75) is 12.5 Å². The molecule has 1 aliphatic rings. The predicted molar refractivity (Wildman–Crippen MR) is 94.4 cm³/mol. The molecular formula is C17H13Cl2N3O3. The van der Waals surface area contributed by atoms with E-state index in [9.17, 15) is 14.4 Å². The number of imide groups is 1. The van der Waals surface area contributed by atoms with Crippen LogP contribution in [0.15, 0.2) is 48.5 Å². The molecule has 25 heavy (non-hydrogen) atoms. The summed E-state index contributed by atoms with van der Waals surface area (Å²) in [6.07, 6.45) is -0.0853. The number of hydrogen-bond donors (Lipinski definition) is 2. The normalized spacial score (nSPS) is 17.0. The van der Waals surface area contributed by atoms with Crippen LogP contribution >= 0.6 is 23.2 Å². The van der Waals surface area contributed by atoms with Crippen LogP contribution in [0.4, 0.5) is 5.69 Å². The van der Waals surface area contributed by atoms with Crippen LogP contribution in [0.1, 0.15) is 16.8 Å². The number of hydrazine groups is 1. The van der Waals surface area contributed by atoms with Gasteiger partial charge in [-0.3, -0.25) is 19.8 Å². The van der Waals surface area contributed by atoms with Crippen molar-refractivity contribution in [3.05, 3.63) is 64.1 Å². The van der Waals surface area contributed by atoms with E-state index in [1.807, 2.05) is 0 Å². The molecule has 0 spiro atoms.